The first-order chi connectivity index (χ1) is 10.6. The topological polar surface area (TPSA) is 169 Å². The lowest BCUT2D eigenvalue weighted by molar-refractivity contribution is -0.170. The van der Waals surface area contributed by atoms with Crippen molar-refractivity contribution in [1.82, 2.24) is 0 Å². The maximum absolute atomic E-state index is 10.3. The van der Waals surface area contributed by atoms with Gasteiger partial charge in [-0.15, -0.1) is 0 Å². The minimum atomic E-state index is -2.74. The molecule has 0 atom stereocenters. The van der Waals surface area contributed by atoms with Gasteiger partial charge in [0.1, 0.15) is 0 Å². The van der Waals surface area contributed by atoms with Crippen molar-refractivity contribution in [2.24, 2.45) is 5.92 Å². The molecule has 1 fully saturated rings. The van der Waals surface area contributed by atoms with Crippen molar-refractivity contribution in [2.45, 2.75) is 57.0 Å². The first-order valence-corrected chi connectivity index (χ1v) is 7.18. The Bertz CT molecular complexity index is 422. The van der Waals surface area contributed by atoms with Crippen LogP contribution in [0.25, 0.3) is 0 Å². The summed E-state index contributed by atoms with van der Waals surface area (Å²) in [5.74, 6) is -4.95. The molecule has 0 saturated heterocycles. The first kappa shape index (κ1) is 20.8. The highest BCUT2D eigenvalue weighted by Crippen LogP contribution is 2.28. The largest absolute Gasteiger partial charge is 0.481 e. The lowest BCUT2D eigenvalue weighted by Crippen LogP contribution is -2.42. The molecular formula is C14H22O9. The lowest BCUT2D eigenvalue weighted by Gasteiger charge is -2.18. The molecule has 0 aromatic heterocycles. The van der Waals surface area contributed by atoms with E-state index in [-0.39, 0.29) is 0 Å². The number of carboxylic acid groups (broad SMARTS) is 4. The van der Waals surface area contributed by atoms with Crippen molar-refractivity contribution in [1.29, 1.82) is 0 Å². The van der Waals surface area contributed by atoms with Gasteiger partial charge in [-0.25, -0.2) is 4.79 Å². The summed E-state index contributed by atoms with van der Waals surface area (Å²) in [5.41, 5.74) is -2.74. The summed E-state index contributed by atoms with van der Waals surface area (Å²) in [5, 5.41) is 42.2. The Hall–Kier alpha value is -2.16. The van der Waals surface area contributed by atoms with Crippen molar-refractivity contribution in [3.63, 3.8) is 0 Å². The molecule has 0 unspecified atom stereocenters. The van der Waals surface area contributed by atoms with Crippen LogP contribution in [-0.2, 0) is 19.2 Å². The molecule has 9 heteroatoms. The number of carboxylic acids is 4. The molecule has 1 aliphatic carbocycles. The molecule has 0 bridgehead atoms. The van der Waals surface area contributed by atoms with Gasteiger partial charge in [0.2, 0.25) is 0 Å². The van der Waals surface area contributed by atoms with Crippen molar-refractivity contribution >= 4 is 23.9 Å². The fraction of sp³-hybridized carbons (Fsp3) is 0.714. The van der Waals surface area contributed by atoms with Crippen LogP contribution in [0, 0.1) is 5.92 Å². The quantitative estimate of drug-likeness (QED) is 0.430. The molecule has 23 heavy (non-hydrogen) atoms. The summed E-state index contributed by atoms with van der Waals surface area (Å²) >= 11 is 0. The smallest absolute Gasteiger partial charge is 0.336 e. The second-order valence-corrected chi connectivity index (χ2v) is 5.56. The van der Waals surface area contributed by atoms with Gasteiger partial charge in [-0.1, -0.05) is 25.7 Å². The monoisotopic (exact) mass is 334 g/mol. The minimum Gasteiger partial charge on any atom is -0.481 e. The van der Waals surface area contributed by atoms with E-state index in [9.17, 15) is 19.2 Å². The summed E-state index contributed by atoms with van der Waals surface area (Å²) in [4.78, 5) is 40.6. The maximum Gasteiger partial charge on any atom is 0.336 e. The number of aliphatic carboxylic acids is 4. The highest BCUT2D eigenvalue weighted by Gasteiger charge is 2.40. The van der Waals surface area contributed by atoms with Gasteiger partial charge in [0, 0.05) is 6.42 Å². The molecule has 0 aromatic rings. The number of hydrogen-bond acceptors (Lipinski definition) is 5. The Balaban J connectivity index is 0.000000433. The molecular weight excluding hydrogens is 312 g/mol. The van der Waals surface area contributed by atoms with E-state index in [2.05, 4.69) is 0 Å². The fourth-order valence-corrected chi connectivity index (χ4v) is 2.34. The summed E-state index contributed by atoms with van der Waals surface area (Å²) in [7, 11) is 0. The zero-order chi connectivity index (χ0) is 18.0. The van der Waals surface area contributed by atoms with Gasteiger partial charge < -0.3 is 25.5 Å². The zero-order valence-electron chi connectivity index (χ0n) is 12.6. The maximum atomic E-state index is 10.3. The van der Waals surface area contributed by atoms with Crippen LogP contribution in [0.15, 0.2) is 0 Å². The Morgan fingerprint density at radius 2 is 1.26 bits per heavy atom. The summed E-state index contributed by atoms with van der Waals surface area (Å²) in [6.07, 6.45) is 4.11. The van der Waals surface area contributed by atoms with Gasteiger partial charge in [-0.2, -0.15) is 0 Å². The molecule has 9 nitrogen and oxygen atoms in total. The van der Waals surface area contributed by atoms with E-state index in [4.69, 9.17) is 25.5 Å². The van der Waals surface area contributed by atoms with Crippen LogP contribution in [0.5, 0.6) is 0 Å². The molecule has 1 saturated carbocycles. The van der Waals surface area contributed by atoms with E-state index < -0.39 is 42.3 Å². The van der Waals surface area contributed by atoms with Crippen LogP contribution >= 0.6 is 0 Å². The van der Waals surface area contributed by atoms with Crippen LogP contribution < -0.4 is 0 Å². The van der Waals surface area contributed by atoms with E-state index in [1.54, 1.807) is 0 Å². The van der Waals surface area contributed by atoms with E-state index in [1.165, 1.54) is 25.7 Å². The molecule has 0 spiro atoms. The standard InChI is InChI=1S/C8H14O2.C6H8O7/c9-8(10)6-5-7-3-1-2-4-7;7-3(8)1-6(13,5(11)12)2-4(9)10/h7H,1-6H2,(H,9,10);13H,1-2H2,(H,7,8)(H,9,10)(H,11,12). The van der Waals surface area contributed by atoms with Gasteiger partial charge in [-0.3, -0.25) is 14.4 Å². The SMILES string of the molecule is O=C(O)CC(O)(CC(=O)O)C(=O)O.O=C(O)CCC1CCCC1. The average molecular weight is 334 g/mol. The van der Waals surface area contributed by atoms with Crippen LogP contribution in [0.2, 0.25) is 0 Å². The summed E-state index contributed by atoms with van der Waals surface area (Å²) in [6, 6.07) is 0. The van der Waals surface area contributed by atoms with Crippen molar-refractivity contribution in [3.8, 4) is 0 Å². The molecule has 1 rings (SSSR count). The molecule has 0 radical (unpaired) electrons. The summed E-state index contributed by atoms with van der Waals surface area (Å²) < 4.78 is 0. The molecule has 5 N–H and O–H groups in total. The highest BCUT2D eigenvalue weighted by molar-refractivity contribution is 5.88. The van der Waals surface area contributed by atoms with Crippen LogP contribution in [0.1, 0.15) is 51.4 Å². The second kappa shape index (κ2) is 9.78. The fourth-order valence-electron chi connectivity index (χ4n) is 2.34. The van der Waals surface area contributed by atoms with Crippen molar-refractivity contribution in [3.05, 3.63) is 0 Å². The predicted molar refractivity (Wildman–Crippen MR) is 75.9 cm³/mol. The Morgan fingerprint density at radius 3 is 1.57 bits per heavy atom. The van der Waals surface area contributed by atoms with E-state index >= 15 is 0 Å². The Kier molecular flexibility index (Phi) is 8.86. The molecule has 1 aliphatic rings. The van der Waals surface area contributed by atoms with E-state index in [1.807, 2.05) is 0 Å². The van der Waals surface area contributed by atoms with Crippen LogP contribution in [0.4, 0.5) is 0 Å². The van der Waals surface area contributed by atoms with Crippen molar-refractivity contribution in [2.75, 3.05) is 0 Å². The molecule has 0 aromatic carbocycles. The molecule has 0 aliphatic heterocycles. The van der Waals surface area contributed by atoms with Crippen LogP contribution in [-0.4, -0.2) is 55.0 Å². The third-order valence-corrected chi connectivity index (χ3v) is 3.53. The number of aliphatic hydroxyl groups is 1. The van der Waals surface area contributed by atoms with Gasteiger partial charge in [-0.05, 0) is 12.3 Å². The van der Waals surface area contributed by atoms with Gasteiger partial charge in [0.15, 0.2) is 5.60 Å². The number of carbonyl (C=O) groups is 4. The zero-order valence-corrected chi connectivity index (χ0v) is 12.6. The normalized spacial score (nSPS) is 14.7. The molecule has 0 heterocycles. The average Bonchev–Trinajstić information content (AvgIpc) is 2.87. The lowest BCUT2D eigenvalue weighted by atomic mass is 9.96. The minimum absolute atomic E-state index is 0.366. The third-order valence-electron chi connectivity index (χ3n) is 3.53. The van der Waals surface area contributed by atoms with Gasteiger partial charge in [0.25, 0.3) is 0 Å². The number of rotatable bonds is 8. The summed E-state index contributed by atoms with van der Waals surface area (Å²) in [6.45, 7) is 0. The number of hydrogen-bond donors (Lipinski definition) is 5. The first-order valence-electron chi connectivity index (χ1n) is 7.18. The van der Waals surface area contributed by atoms with E-state index in [0.29, 0.717) is 6.42 Å². The van der Waals surface area contributed by atoms with Crippen LogP contribution in [0.3, 0.4) is 0 Å². The molecule has 132 valence electrons. The van der Waals surface area contributed by atoms with Gasteiger partial charge >= 0.3 is 23.9 Å². The van der Waals surface area contributed by atoms with E-state index in [0.717, 1.165) is 12.3 Å². The second-order valence-electron chi connectivity index (χ2n) is 5.56. The Labute approximate surface area is 132 Å². The highest BCUT2D eigenvalue weighted by atomic mass is 16.4. The Morgan fingerprint density at radius 1 is 0.826 bits per heavy atom. The predicted octanol–water partition coefficient (Wildman–Crippen LogP) is 0.793. The molecule has 0 amide bonds. The third kappa shape index (κ3) is 9.46. The van der Waals surface area contributed by atoms with Gasteiger partial charge in [0.05, 0.1) is 12.8 Å². The van der Waals surface area contributed by atoms with Crippen molar-refractivity contribution < 1.29 is 44.7 Å².